The van der Waals surface area contributed by atoms with E-state index in [2.05, 4.69) is 132 Å². The van der Waals surface area contributed by atoms with Gasteiger partial charge in [-0.2, -0.15) is 0 Å². The highest BCUT2D eigenvalue weighted by Crippen LogP contribution is 2.51. The third kappa shape index (κ3) is 3.33. The van der Waals surface area contributed by atoms with Crippen LogP contribution in [0.15, 0.2) is 72.0 Å². The van der Waals surface area contributed by atoms with Gasteiger partial charge in [0, 0.05) is 38.5 Å². The molecular formula is C40H42N2. The number of fused-ring (bicyclic) bond motifs is 1. The van der Waals surface area contributed by atoms with Crippen molar-refractivity contribution in [3.05, 3.63) is 110 Å². The molecule has 2 heteroatoms. The molecule has 1 aromatic heterocycles. The van der Waals surface area contributed by atoms with E-state index in [1.165, 1.54) is 77.6 Å². The van der Waals surface area contributed by atoms with E-state index in [9.17, 15) is 0 Å². The molecule has 2 aliphatic carbocycles. The van der Waals surface area contributed by atoms with Crippen LogP contribution in [0.25, 0.3) is 28.2 Å². The zero-order valence-electron chi connectivity index (χ0n) is 26.4. The fraction of sp³-hybridized carbons (Fsp3) is 0.350. The molecule has 42 heavy (non-hydrogen) atoms. The summed E-state index contributed by atoms with van der Waals surface area (Å²) in [5.74, 6) is 0.512. The van der Waals surface area contributed by atoms with Gasteiger partial charge in [0.1, 0.15) is 0 Å². The minimum Gasteiger partial charge on any atom is -0.314 e. The lowest BCUT2D eigenvalue weighted by Crippen LogP contribution is -2.45. The second-order valence-electron chi connectivity index (χ2n) is 14.6. The Kier molecular flexibility index (Phi) is 5.18. The minimum absolute atomic E-state index is 0.0210. The summed E-state index contributed by atoms with van der Waals surface area (Å²) in [6.07, 6.45) is 10.6. The van der Waals surface area contributed by atoms with Crippen LogP contribution in [0.4, 0.5) is 11.4 Å². The number of aromatic nitrogens is 1. The van der Waals surface area contributed by atoms with Crippen molar-refractivity contribution in [3.8, 4) is 5.69 Å². The van der Waals surface area contributed by atoms with E-state index in [-0.39, 0.29) is 10.8 Å². The predicted molar refractivity (Wildman–Crippen MR) is 178 cm³/mol. The Morgan fingerprint density at radius 2 is 1.52 bits per heavy atom. The maximum absolute atomic E-state index is 2.67. The van der Waals surface area contributed by atoms with Gasteiger partial charge in [0.05, 0.1) is 16.6 Å². The average molecular weight is 551 g/mol. The van der Waals surface area contributed by atoms with E-state index in [0.29, 0.717) is 5.92 Å². The van der Waals surface area contributed by atoms with Gasteiger partial charge in [-0.05, 0) is 110 Å². The maximum Gasteiger partial charge on any atom is 0.0583 e. The van der Waals surface area contributed by atoms with E-state index in [1.54, 1.807) is 5.57 Å². The molecular weight excluding hydrogens is 508 g/mol. The molecule has 8 rings (SSSR count). The molecule has 0 spiro atoms. The fourth-order valence-corrected chi connectivity index (χ4v) is 8.87. The number of allylic oxidation sites excluding steroid dienone is 4. The van der Waals surface area contributed by atoms with Crippen LogP contribution in [-0.4, -0.2) is 4.57 Å². The number of benzene rings is 3. The van der Waals surface area contributed by atoms with Gasteiger partial charge in [-0.3, -0.25) is 0 Å². The smallest absolute Gasteiger partial charge is 0.0583 e. The third-order valence-electron chi connectivity index (χ3n) is 10.6. The lowest BCUT2D eigenvalue weighted by Gasteiger charge is -2.43. The number of para-hydroxylation sites is 1. The second-order valence-corrected chi connectivity index (χ2v) is 14.6. The van der Waals surface area contributed by atoms with Crippen LogP contribution in [0, 0.1) is 19.8 Å². The number of hydrogen-bond donors (Lipinski definition) is 0. The van der Waals surface area contributed by atoms with Crippen LogP contribution >= 0.6 is 0 Å². The van der Waals surface area contributed by atoms with Crippen molar-refractivity contribution in [2.75, 3.05) is 4.90 Å². The van der Waals surface area contributed by atoms with Crippen LogP contribution < -0.4 is 15.5 Å². The third-order valence-corrected chi connectivity index (χ3v) is 10.6. The molecule has 0 saturated carbocycles. The van der Waals surface area contributed by atoms with E-state index >= 15 is 0 Å². The van der Waals surface area contributed by atoms with E-state index in [1.807, 2.05) is 0 Å². The SMILES string of the molecule is CC1=CC(C)CC(N(c2cc(C)cc(C)c2)c2cc3c4c(c2)c2c5n4-c4c(cccc4C3(C)C)C(C)(C)C=5CCC=2)=C1. The monoisotopic (exact) mass is 550 g/mol. The molecule has 0 amide bonds. The van der Waals surface area contributed by atoms with E-state index < -0.39 is 0 Å². The van der Waals surface area contributed by atoms with Gasteiger partial charge in [-0.15, -0.1) is 0 Å². The number of hydrogen-bond acceptors (Lipinski definition) is 1. The zero-order valence-corrected chi connectivity index (χ0v) is 26.4. The van der Waals surface area contributed by atoms with Crippen molar-refractivity contribution in [2.45, 2.75) is 85.5 Å². The summed E-state index contributed by atoms with van der Waals surface area (Å²) in [6.45, 7) is 18.9. The van der Waals surface area contributed by atoms with E-state index in [4.69, 9.17) is 0 Å². The topological polar surface area (TPSA) is 8.17 Å². The van der Waals surface area contributed by atoms with Gasteiger partial charge in [0.2, 0.25) is 0 Å². The maximum atomic E-state index is 2.67. The fourth-order valence-electron chi connectivity index (χ4n) is 8.87. The summed E-state index contributed by atoms with van der Waals surface area (Å²) in [5, 5.41) is 4.33. The molecule has 0 fully saturated rings. The standard InChI is InChI=1S/C40H42N2/c1-23-15-24(2)18-27(17-23)41(28-19-25(3)16-26(4)20-28)29-21-31-30-11-9-12-32-36(30)42-37(31)35(22-29)40(7,8)34-14-10-13-33(38(34)42)39(32,5)6/h10-11,13-19,21-22,26H,9,12,20H2,1-8H3. The largest absolute Gasteiger partial charge is 0.314 e. The Morgan fingerprint density at radius 1 is 0.833 bits per heavy atom. The molecule has 0 radical (unpaired) electrons. The normalized spacial score (nSPS) is 20.7. The van der Waals surface area contributed by atoms with Crippen molar-refractivity contribution < 1.29 is 0 Å². The van der Waals surface area contributed by atoms with E-state index in [0.717, 1.165) is 19.3 Å². The molecule has 0 saturated heterocycles. The molecule has 212 valence electrons. The van der Waals surface area contributed by atoms with Crippen molar-refractivity contribution in [3.63, 3.8) is 0 Å². The Morgan fingerprint density at radius 3 is 2.24 bits per heavy atom. The highest BCUT2D eigenvalue weighted by molar-refractivity contribution is 5.97. The molecule has 2 nitrogen and oxygen atoms in total. The van der Waals surface area contributed by atoms with Crippen molar-refractivity contribution >= 4 is 33.9 Å². The first-order valence-electron chi connectivity index (χ1n) is 15.8. The Labute approximate surface area is 250 Å². The predicted octanol–water partition coefficient (Wildman–Crippen LogP) is 8.91. The molecule has 0 N–H and O–H groups in total. The first kappa shape index (κ1) is 25.9. The highest BCUT2D eigenvalue weighted by Gasteiger charge is 2.43. The summed E-state index contributed by atoms with van der Waals surface area (Å²) in [7, 11) is 0. The van der Waals surface area contributed by atoms with Crippen molar-refractivity contribution in [1.29, 1.82) is 0 Å². The van der Waals surface area contributed by atoms with Crippen LogP contribution in [0.3, 0.4) is 0 Å². The Hall–Kier alpha value is -3.78. The molecule has 3 heterocycles. The van der Waals surface area contributed by atoms with Crippen LogP contribution in [-0.2, 0) is 10.8 Å². The number of anilines is 2. The Balaban J connectivity index is 1.52. The van der Waals surface area contributed by atoms with Crippen LogP contribution in [0.2, 0.25) is 0 Å². The van der Waals surface area contributed by atoms with Crippen LogP contribution in [0.5, 0.6) is 0 Å². The average Bonchev–Trinajstić information content (AvgIpc) is 3.24. The summed E-state index contributed by atoms with van der Waals surface area (Å²) < 4.78 is 2.67. The molecule has 1 unspecified atom stereocenters. The molecule has 3 aromatic carbocycles. The van der Waals surface area contributed by atoms with Gasteiger partial charge < -0.3 is 9.47 Å². The van der Waals surface area contributed by atoms with Gasteiger partial charge in [0.25, 0.3) is 0 Å². The van der Waals surface area contributed by atoms with Crippen LogP contribution in [0.1, 0.15) is 88.6 Å². The van der Waals surface area contributed by atoms with Gasteiger partial charge in [-0.1, -0.05) is 76.6 Å². The van der Waals surface area contributed by atoms with Crippen molar-refractivity contribution in [1.82, 2.24) is 4.57 Å². The minimum atomic E-state index is -0.123. The summed E-state index contributed by atoms with van der Waals surface area (Å²) in [6, 6.07) is 19.2. The molecule has 4 aromatic rings. The van der Waals surface area contributed by atoms with Gasteiger partial charge in [0.15, 0.2) is 0 Å². The number of rotatable bonds is 3. The molecule has 2 aliphatic heterocycles. The Bertz CT molecular complexity index is 2040. The number of nitrogens with zero attached hydrogens (tertiary/aromatic N) is 2. The summed E-state index contributed by atoms with van der Waals surface area (Å²) >= 11 is 0. The molecule has 0 bridgehead atoms. The summed E-state index contributed by atoms with van der Waals surface area (Å²) in [5.41, 5.74) is 16.6. The quantitative estimate of drug-likeness (QED) is 0.247. The zero-order chi connectivity index (χ0) is 29.3. The summed E-state index contributed by atoms with van der Waals surface area (Å²) in [4.78, 5) is 2.58. The first-order valence-corrected chi connectivity index (χ1v) is 15.8. The second kappa shape index (κ2) is 8.40. The van der Waals surface area contributed by atoms with Gasteiger partial charge in [-0.25, -0.2) is 0 Å². The van der Waals surface area contributed by atoms with Crippen molar-refractivity contribution in [2.24, 2.45) is 5.92 Å². The first-order chi connectivity index (χ1) is 20.0. The molecule has 4 aliphatic rings. The van der Waals surface area contributed by atoms with Gasteiger partial charge >= 0.3 is 0 Å². The highest BCUT2D eigenvalue weighted by atomic mass is 15.2. The molecule has 1 atom stereocenters. The lowest BCUT2D eigenvalue weighted by molar-refractivity contribution is 0.591. The lowest BCUT2D eigenvalue weighted by atomic mass is 9.68. The number of aryl methyl sites for hydroxylation is 2.